The maximum atomic E-state index is 11.7. The smallest absolute Gasteiger partial charge is 0.411 e. The Kier molecular flexibility index (Phi) is 7.66. The van der Waals surface area contributed by atoms with Gasteiger partial charge >= 0.3 is 6.09 Å². The first-order chi connectivity index (χ1) is 12.5. The number of halogens is 2. The van der Waals surface area contributed by atoms with Gasteiger partial charge in [-0.1, -0.05) is 50.1 Å². The number of nitrogens with zero attached hydrogens (tertiary/aromatic N) is 1. The van der Waals surface area contributed by atoms with Gasteiger partial charge in [-0.25, -0.2) is 4.79 Å². The number of hydrogen-bond donors (Lipinski definition) is 2. The zero-order valence-corrected chi connectivity index (χ0v) is 17.5. The monoisotopic (exact) mass is 482 g/mol. The van der Waals surface area contributed by atoms with Crippen LogP contribution >= 0.6 is 31.9 Å². The molecule has 0 aliphatic heterocycles. The van der Waals surface area contributed by atoms with Crippen molar-refractivity contribution >= 4 is 49.5 Å². The van der Waals surface area contributed by atoms with Crippen LogP contribution in [0.5, 0.6) is 0 Å². The molecule has 0 aliphatic rings. The fourth-order valence-electron chi connectivity index (χ4n) is 2.71. The van der Waals surface area contributed by atoms with Crippen LogP contribution in [0.25, 0.3) is 11.1 Å². The van der Waals surface area contributed by atoms with Gasteiger partial charge in [0, 0.05) is 35.0 Å². The summed E-state index contributed by atoms with van der Waals surface area (Å²) in [5, 5.41) is 12.3. The van der Waals surface area contributed by atoms with Gasteiger partial charge in [-0.15, -0.1) is 0 Å². The highest BCUT2D eigenvalue weighted by atomic mass is 79.9. The minimum atomic E-state index is -1.36. The van der Waals surface area contributed by atoms with Crippen molar-refractivity contribution < 1.29 is 14.7 Å². The Labute approximate surface area is 169 Å². The van der Waals surface area contributed by atoms with Crippen molar-refractivity contribution in [2.75, 3.05) is 28.6 Å². The number of carbonyl (C=O) groups excluding carboxylic acids is 1. The number of nitrogens with one attached hydrogen (secondary N) is 1. The van der Waals surface area contributed by atoms with Crippen LogP contribution in [0, 0.1) is 6.92 Å². The zero-order valence-electron chi connectivity index (χ0n) is 14.3. The van der Waals surface area contributed by atoms with Gasteiger partial charge in [-0.2, -0.15) is 0 Å². The average molecular weight is 484 g/mol. The van der Waals surface area contributed by atoms with Crippen LogP contribution in [-0.4, -0.2) is 40.9 Å². The molecular weight excluding hydrogens is 464 g/mol. The van der Waals surface area contributed by atoms with Crippen molar-refractivity contribution in [3.05, 3.63) is 53.6 Å². The van der Waals surface area contributed by atoms with Crippen LogP contribution in [0.15, 0.2) is 42.5 Å². The highest BCUT2D eigenvalue weighted by Gasteiger charge is 2.11. The van der Waals surface area contributed by atoms with E-state index in [-0.39, 0.29) is 0 Å². The lowest BCUT2D eigenvalue weighted by molar-refractivity contribution is 0.0948. The predicted molar refractivity (Wildman–Crippen MR) is 112 cm³/mol. The molecule has 0 saturated carbocycles. The summed E-state index contributed by atoms with van der Waals surface area (Å²) in [5.41, 5.74) is 4.68. The Morgan fingerprint density at radius 3 is 2.15 bits per heavy atom. The number of rotatable bonds is 7. The lowest BCUT2D eigenvalue weighted by Gasteiger charge is -2.24. The molecule has 7 heteroatoms. The van der Waals surface area contributed by atoms with E-state index >= 15 is 0 Å². The van der Waals surface area contributed by atoms with E-state index in [1.807, 2.05) is 17.4 Å². The summed E-state index contributed by atoms with van der Waals surface area (Å²) in [5.74, 6) is -0.628. The number of anilines is 1. The standard InChI is InChI=1S/C19H20Br2N2O3/c1-13-12-16(23(10-8-20)11-9-21)6-7-17(13)14-2-4-15(5-3-14)18(24)22-19(25)26/h2-7,12H,8-11H2,1H3,(H,22,24)(H,25,26). The normalized spacial score (nSPS) is 10.4. The number of hydrogen-bond acceptors (Lipinski definition) is 3. The molecule has 0 bridgehead atoms. The number of carbonyl (C=O) groups is 2. The second kappa shape index (κ2) is 9.73. The van der Waals surface area contributed by atoms with E-state index in [1.165, 1.54) is 5.69 Å². The number of benzene rings is 2. The van der Waals surface area contributed by atoms with Crippen LogP contribution < -0.4 is 10.2 Å². The molecule has 0 fully saturated rings. The average Bonchev–Trinajstić information content (AvgIpc) is 2.61. The van der Waals surface area contributed by atoms with Crippen LogP contribution in [0.3, 0.4) is 0 Å². The highest BCUT2D eigenvalue weighted by Crippen LogP contribution is 2.28. The molecule has 2 rings (SSSR count). The van der Waals surface area contributed by atoms with Gasteiger partial charge in [0.25, 0.3) is 5.91 Å². The summed E-state index contributed by atoms with van der Waals surface area (Å²) in [6, 6.07) is 13.2. The first kappa shape index (κ1) is 20.5. The summed E-state index contributed by atoms with van der Waals surface area (Å²) >= 11 is 6.99. The van der Waals surface area contributed by atoms with Gasteiger partial charge in [0.1, 0.15) is 0 Å². The minimum absolute atomic E-state index is 0.311. The Morgan fingerprint density at radius 2 is 1.65 bits per heavy atom. The molecule has 2 aromatic rings. The summed E-state index contributed by atoms with van der Waals surface area (Å²) < 4.78 is 0. The van der Waals surface area contributed by atoms with Crippen molar-refractivity contribution in [2.45, 2.75) is 6.92 Å². The Bertz CT molecular complexity index is 773. The lowest BCUT2D eigenvalue weighted by Crippen LogP contribution is -2.28. The molecule has 0 aromatic heterocycles. The maximum absolute atomic E-state index is 11.7. The third-order valence-corrected chi connectivity index (χ3v) is 4.67. The van der Waals surface area contributed by atoms with Crippen LogP contribution in [0.4, 0.5) is 10.5 Å². The molecule has 2 N–H and O–H groups in total. The van der Waals surface area contributed by atoms with Gasteiger partial charge in [0.2, 0.25) is 0 Å². The van der Waals surface area contributed by atoms with E-state index in [0.29, 0.717) is 5.56 Å². The molecule has 0 atom stereocenters. The Balaban J connectivity index is 2.23. The molecule has 0 saturated heterocycles. The van der Waals surface area contributed by atoms with E-state index in [4.69, 9.17) is 5.11 Å². The summed E-state index contributed by atoms with van der Waals surface area (Å²) in [7, 11) is 0. The quantitative estimate of drug-likeness (QED) is 0.561. The molecule has 26 heavy (non-hydrogen) atoms. The van der Waals surface area contributed by atoms with Crippen molar-refractivity contribution in [1.29, 1.82) is 0 Å². The van der Waals surface area contributed by atoms with E-state index < -0.39 is 12.0 Å². The Hall–Kier alpha value is -1.86. The topological polar surface area (TPSA) is 69.6 Å². The molecule has 0 heterocycles. The van der Waals surface area contributed by atoms with Gasteiger partial charge in [-0.3, -0.25) is 10.1 Å². The second-order valence-electron chi connectivity index (χ2n) is 5.70. The lowest BCUT2D eigenvalue weighted by atomic mass is 9.98. The van der Waals surface area contributed by atoms with Crippen molar-refractivity contribution in [1.82, 2.24) is 5.32 Å². The molecule has 2 aromatic carbocycles. The first-order valence-electron chi connectivity index (χ1n) is 8.08. The third-order valence-electron chi connectivity index (χ3n) is 3.96. The van der Waals surface area contributed by atoms with E-state index in [0.717, 1.165) is 40.4 Å². The number of imide groups is 1. The number of amides is 2. The van der Waals surface area contributed by atoms with Crippen molar-refractivity contribution in [2.24, 2.45) is 0 Å². The number of alkyl halides is 2. The molecule has 5 nitrogen and oxygen atoms in total. The summed E-state index contributed by atoms with van der Waals surface area (Å²) in [6.07, 6.45) is -1.36. The Morgan fingerprint density at radius 1 is 1.04 bits per heavy atom. The minimum Gasteiger partial charge on any atom is -0.465 e. The molecule has 0 spiro atoms. The van der Waals surface area contributed by atoms with Crippen LogP contribution in [0.2, 0.25) is 0 Å². The van der Waals surface area contributed by atoms with Crippen molar-refractivity contribution in [3.8, 4) is 11.1 Å². The summed E-state index contributed by atoms with van der Waals surface area (Å²) in [6.45, 7) is 3.92. The van der Waals surface area contributed by atoms with Gasteiger partial charge in [0.15, 0.2) is 0 Å². The molecule has 138 valence electrons. The maximum Gasteiger partial charge on any atom is 0.411 e. The van der Waals surface area contributed by atoms with Gasteiger partial charge in [0.05, 0.1) is 0 Å². The first-order valence-corrected chi connectivity index (χ1v) is 10.3. The zero-order chi connectivity index (χ0) is 19.1. The van der Waals surface area contributed by atoms with Gasteiger partial charge in [-0.05, 0) is 47.9 Å². The highest BCUT2D eigenvalue weighted by molar-refractivity contribution is 9.09. The molecule has 0 radical (unpaired) electrons. The third kappa shape index (κ3) is 5.32. The SMILES string of the molecule is Cc1cc(N(CCBr)CCBr)ccc1-c1ccc(C(=O)NC(=O)O)cc1. The molecule has 0 unspecified atom stereocenters. The fourth-order valence-corrected chi connectivity index (χ4v) is 3.57. The predicted octanol–water partition coefficient (Wildman–Crippen LogP) is 4.67. The fraction of sp³-hybridized carbons (Fsp3) is 0.263. The second-order valence-corrected chi connectivity index (χ2v) is 7.29. The van der Waals surface area contributed by atoms with E-state index in [9.17, 15) is 9.59 Å². The largest absolute Gasteiger partial charge is 0.465 e. The van der Waals surface area contributed by atoms with Crippen LogP contribution in [0.1, 0.15) is 15.9 Å². The number of aryl methyl sites for hydroxylation is 1. The molecular formula is C19H20Br2N2O3. The van der Waals surface area contributed by atoms with E-state index in [2.05, 4.69) is 61.9 Å². The molecule has 2 amide bonds. The van der Waals surface area contributed by atoms with Gasteiger partial charge < -0.3 is 10.0 Å². The molecule has 0 aliphatic carbocycles. The number of carboxylic acid groups (broad SMARTS) is 1. The summed E-state index contributed by atoms with van der Waals surface area (Å²) in [4.78, 5) is 24.6. The van der Waals surface area contributed by atoms with Crippen LogP contribution in [-0.2, 0) is 0 Å². The van der Waals surface area contributed by atoms with E-state index in [1.54, 1.807) is 12.1 Å². The van der Waals surface area contributed by atoms with Crippen molar-refractivity contribution in [3.63, 3.8) is 0 Å².